The van der Waals surface area contributed by atoms with Crippen molar-refractivity contribution in [3.63, 3.8) is 0 Å². The number of benzene rings is 1. The van der Waals surface area contributed by atoms with Crippen LogP contribution in [0.2, 0.25) is 0 Å². The van der Waals surface area contributed by atoms with E-state index in [2.05, 4.69) is 15.5 Å². The summed E-state index contributed by atoms with van der Waals surface area (Å²) in [5.74, 6) is 2.34. The highest BCUT2D eigenvalue weighted by molar-refractivity contribution is 7.13. The molecule has 1 fully saturated rings. The minimum absolute atomic E-state index is 0.0980. The van der Waals surface area contributed by atoms with E-state index in [-0.39, 0.29) is 5.91 Å². The van der Waals surface area contributed by atoms with E-state index in [0.717, 1.165) is 48.6 Å². The van der Waals surface area contributed by atoms with Crippen molar-refractivity contribution in [1.82, 2.24) is 15.5 Å². The Bertz CT molecular complexity index is 853. The molecule has 140 valence electrons. The molecule has 1 aromatic carbocycles. The summed E-state index contributed by atoms with van der Waals surface area (Å²) in [4.78, 5) is 13.1. The van der Waals surface area contributed by atoms with Crippen molar-refractivity contribution in [3.05, 3.63) is 59.3 Å². The third-order valence-corrected chi connectivity index (χ3v) is 6.02. The van der Waals surface area contributed by atoms with Crippen LogP contribution in [0.5, 0.6) is 0 Å². The fourth-order valence-corrected chi connectivity index (χ4v) is 4.26. The summed E-state index contributed by atoms with van der Waals surface area (Å²) in [5.41, 5.74) is 1.05. The molecule has 27 heavy (non-hydrogen) atoms. The number of thiophene rings is 1. The summed E-state index contributed by atoms with van der Waals surface area (Å²) in [7, 11) is 0. The molecule has 1 amide bonds. The Kier molecular flexibility index (Phi) is 5.63. The van der Waals surface area contributed by atoms with Gasteiger partial charge >= 0.3 is 0 Å². The van der Waals surface area contributed by atoms with Gasteiger partial charge in [-0.05, 0) is 48.6 Å². The van der Waals surface area contributed by atoms with Crippen molar-refractivity contribution >= 4 is 17.2 Å². The summed E-state index contributed by atoms with van der Waals surface area (Å²) in [6.07, 6.45) is 4.67. The number of amides is 1. The van der Waals surface area contributed by atoms with Gasteiger partial charge in [-0.15, -0.1) is 21.5 Å². The zero-order valence-electron chi connectivity index (χ0n) is 15.1. The SMILES string of the molecule is O=C(Cc1ccccc1)NCC1CCC(c2nnc(-c3cccs3)o2)CC1. The lowest BCUT2D eigenvalue weighted by atomic mass is 9.82. The van der Waals surface area contributed by atoms with Crippen molar-refractivity contribution in [2.24, 2.45) is 5.92 Å². The molecule has 1 N–H and O–H groups in total. The average Bonchev–Trinajstić information content (AvgIpc) is 3.39. The molecular weight excluding hydrogens is 358 g/mol. The molecule has 1 saturated carbocycles. The van der Waals surface area contributed by atoms with Gasteiger partial charge in [-0.3, -0.25) is 4.79 Å². The summed E-state index contributed by atoms with van der Waals surface area (Å²) in [6, 6.07) is 13.8. The highest BCUT2D eigenvalue weighted by Gasteiger charge is 2.26. The van der Waals surface area contributed by atoms with Crippen LogP contribution in [0.4, 0.5) is 0 Å². The van der Waals surface area contributed by atoms with Gasteiger partial charge in [0.05, 0.1) is 11.3 Å². The van der Waals surface area contributed by atoms with E-state index in [4.69, 9.17) is 4.42 Å². The summed E-state index contributed by atoms with van der Waals surface area (Å²) < 4.78 is 5.89. The molecule has 0 radical (unpaired) electrons. The van der Waals surface area contributed by atoms with Gasteiger partial charge in [-0.1, -0.05) is 36.4 Å². The Morgan fingerprint density at radius 3 is 2.63 bits per heavy atom. The molecule has 0 atom stereocenters. The molecule has 6 heteroatoms. The quantitative estimate of drug-likeness (QED) is 0.686. The fourth-order valence-electron chi connectivity index (χ4n) is 3.61. The number of carbonyl (C=O) groups is 1. The number of carbonyl (C=O) groups excluding carboxylic acids is 1. The smallest absolute Gasteiger partial charge is 0.257 e. The second-order valence-electron chi connectivity index (χ2n) is 7.11. The first-order chi connectivity index (χ1) is 13.3. The van der Waals surface area contributed by atoms with Gasteiger partial charge in [0.15, 0.2) is 0 Å². The molecule has 2 heterocycles. The Morgan fingerprint density at radius 2 is 1.89 bits per heavy atom. The predicted octanol–water partition coefficient (Wildman–Crippen LogP) is 4.43. The standard InChI is InChI=1S/C21H23N3O2S/c25-19(13-15-5-2-1-3-6-15)22-14-16-8-10-17(11-9-16)20-23-24-21(26-20)18-7-4-12-27-18/h1-7,12,16-17H,8-11,13-14H2,(H,22,25). The molecule has 2 aromatic heterocycles. The van der Waals surface area contributed by atoms with E-state index < -0.39 is 0 Å². The van der Waals surface area contributed by atoms with Gasteiger partial charge in [-0.25, -0.2) is 0 Å². The number of nitrogens with zero attached hydrogens (tertiary/aromatic N) is 2. The summed E-state index contributed by atoms with van der Waals surface area (Å²) >= 11 is 1.61. The first-order valence-corrected chi connectivity index (χ1v) is 10.3. The first-order valence-electron chi connectivity index (χ1n) is 9.46. The molecule has 0 unspecified atom stereocenters. The second-order valence-corrected chi connectivity index (χ2v) is 8.05. The highest BCUT2D eigenvalue weighted by atomic mass is 32.1. The minimum Gasteiger partial charge on any atom is -0.420 e. The van der Waals surface area contributed by atoms with Crippen molar-refractivity contribution < 1.29 is 9.21 Å². The molecule has 0 saturated heterocycles. The third-order valence-electron chi connectivity index (χ3n) is 5.16. The molecular formula is C21H23N3O2S. The van der Waals surface area contributed by atoms with E-state index >= 15 is 0 Å². The predicted molar refractivity (Wildman–Crippen MR) is 105 cm³/mol. The van der Waals surface area contributed by atoms with Crippen LogP contribution in [0.3, 0.4) is 0 Å². The maximum absolute atomic E-state index is 12.1. The number of rotatable bonds is 6. The molecule has 0 spiro atoms. The van der Waals surface area contributed by atoms with Gasteiger partial charge in [0.1, 0.15) is 0 Å². The van der Waals surface area contributed by atoms with Gasteiger partial charge in [0.25, 0.3) is 5.89 Å². The van der Waals surface area contributed by atoms with Gasteiger partial charge in [0, 0.05) is 12.5 Å². The molecule has 1 aliphatic carbocycles. The van der Waals surface area contributed by atoms with Crippen LogP contribution in [0.25, 0.3) is 10.8 Å². The monoisotopic (exact) mass is 381 g/mol. The Morgan fingerprint density at radius 1 is 1.07 bits per heavy atom. The minimum atomic E-state index is 0.0980. The number of hydrogen-bond acceptors (Lipinski definition) is 5. The zero-order chi connectivity index (χ0) is 18.5. The molecule has 1 aliphatic rings. The Balaban J connectivity index is 1.23. The molecule has 5 nitrogen and oxygen atoms in total. The van der Waals surface area contributed by atoms with Gasteiger partial charge in [-0.2, -0.15) is 0 Å². The molecule has 0 bridgehead atoms. The average molecular weight is 382 g/mol. The third kappa shape index (κ3) is 4.63. The van der Waals surface area contributed by atoms with Gasteiger partial charge in [0.2, 0.25) is 11.8 Å². The topological polar surface area (TPSA) is 68.0 Å². The van der Waals surface area contributed by atoms with Crippen molar-refractivity contribution in [3.8, 4) is 10.8 Å². The fraction of sp³-hybridized carbons (Fsp3) is 0.381. The second kappa shape index (κ2) is 8.48. The Hall–Kier alpha value is -2.47. The largest absolute Gasteiger partial charge is 0.420 e. The molecule has 4 rings (SSSR count). The zero-order valence-corrected chi connectivity index (χ0v) is 16.0. The van der Waals surface area contributed by atoms with E-state index in [1.807, 2.05) is 47.8 Å². The van der Waals surface area contributed by atoms with Gasteiger partial charge < -0.3 is 9.73 Å². The number of nitrogens with one attached hydrogen (secondary N) is 1. The normalized spacial score (nSPS) is 19.7. The number of hydrogen-bond donors (Lipinski definition) is 1. The van der Waals surface area contributed by atoms with Crippen molar-refractivity contribution in [2.45, 2.75) is 38.0 Å². The first kappa shape index (κ1) is 17.9. The maximum atomic E-state index is 12.1. The maximum Gasteiger partial charge on any atom is 0.257 e. The lowest BCUT2D eigenvalue weighted by Crippen LogP contribution is -2.32. The van der Waals surface area contributed by atoms with Crippen LogP contribution in [0, 0.1) is 5.92 Å². The highest BCUT2D eigenvalue weighted by Crippen LogP contribution is 2.36. The lowest BCUT2D eigenvalue weighted by Gasteiger charge is -2.26. The van der Waals surface area contributed by atoms with E-state index in [9.17, 15) is 4.79 Å². The molecule has 3 aromatic rings. The lowest BCUT2D eigenvalue weighted by molar-refractivity contribution is -0.120. The van der Waals surface area contributed by atoms with Crippen molar-refractivity contribution in [2.75, 3.05) is 6.54 Å². The number of aromatic nitrogens is 2. The van der Waals surface area contributed by atoms with Crippen LogP contribution in [-0.2, 0) is 11.2 Å². The van der Waals surface area contributed by atoms with Crippen LogP contribution in [-0.4, -0.2) is 22.6 Å². The van der Waals surface area contributed by atoms with Crippen LogP contribution < -0.4 is 5.32 Å². The summed E-state index contributed by atoms with van der Waals surface area (Å²) in [5, 5.41) is 13.6. The molecule has 0 aliphatic heterocycles. The van der Waals surface area contributed by atoms with Crippen LogP contribution in [0.1, 0.15) is 43.1 Å². The van der Waals surface area contributed by atoms with Crippen molar-refractivity contribution in [1.29, 1.82) is 0 Å². The van der Waals surface area contributed by atoms with Crippen LogP contribution >= 0.6 is 11.3 Å². The van der Waals surface area contributed by atoms with E-state index in [1.165, 1.54) is 0 Å². The summed E-state index contributed by atoms with van der Waals surface area (Å²) in [6.45, 7) is 0.753. The Labute approximate surface area is 162 Å². The van der Waals surface area contributed by atoms with E-state index in [0.29, 0.717) is 24.1 Å². The van der Waals surface area contributed by atoms with E-state index in [1.54, 1.807) is 11.3 Å². The van der Waals surface area contributed by atoms with Crippen LogP contribution in [0.15, 0.2) is 52.3 Å².